The molecule has 21 heavy (non-hydrogen) atoms. The van der Waals surface area contributed by atoms with Gasteiger partial charge in [-0.2, -0.15) is 0 Å². The molecule has 0 spiro atoms. The van der Waals surface area contributed by atoms with Gasteiger partial charge in [0, 0.05) is 5.92 Å². The molecule has 0 heterocycles. The van der Waals surface area contributed by atoms with Gasteiger partial charge in [0.25, 0.3) is 0 Å². The van der Waals surface area contributed by atoms with Crippen molar-refractivity contribution >= 4 is 16.3 Å². The van der Waals surface area contributed by atoms with E-state index in [1.165, 1.54) is 0 Å². The van der Waals surface area contributed by atoms with Crippen molar-refractivity contribution in [1.82, 2.24) is 0 Å². The fraction of sp³-hybridized carbons (Fsp3) is 0.929. The number of hydrogen-bond donors (Lipinski definition) is 0. The minimum absolute atomic E-state index is 0.215. The molecule has 2 aliphatic carbocycles. The Morgan fingerprint density at radius 3 is 2.00 bits per heavy atom. The second-order valence-electron chi connectivity index (χ2n) is 6.01. The van der Waals surface area contributed by atoms with Crippen LogP contribution in [0.2, 0.25) is 0 Å². The number of carbonyl (C=O) groups excluding carboxylic acids is 1. The first-order valence-electron chi connectivity index (χ1n) is 7.79. The fourth-order valence-corrected chi connectivity index (χ4v) is 4.18. The molecule has 2 rings (SSSR count). The van der Waals surface area contributed by atoms with E-state index in [2.05, 4.69) is 0 Å². The molecule has 0 radical (unpaired) electrons. The average Bonchev–Trinajstić information content (AvgIpc) is 2.45. The first kappa shape index (κ1) is 16.5. The Labute approximate surface area is 125 Å². The maximum absolute atomic E-state index is 11.8. The Bertz CT molecular complexity index is 434. The van der Waals surface area contributed by atoms with Crippen LogP contribution in [0.4, 0.5) is 4.79 Å². The van der Waals surface area contributed by atoms with Crippen LogP contribution in [0, 0.1) is 5.92 Å². The smallest absolute Gasteiger partial charge is 0.509 e. The minimum Gasteiger partial charge on any atom is -0.745 e. The SMILES string of the molecule is O=C(OC1CCCCC1)OC(C1CCCCC1)S(=O)(=O)[O-]. The van der Waals surface area contributed by atoms with E-state index in [0.29, 0.717) is 12.8 Å². The maximum atomic E-state index is 11.8. The molecule has 122 valence electrons. The minimum atomic E-state index is -4.67. The molecule has 1 unspecified atom stereocenters. The summed E-state index contributed by atoms with van der Waals surface area (Å²) in [6.45, 7) is 0. The second-order valence-corrected chi connectivity index (χ2v) is 7.46. The molecule has 0 aliphatic heterocycles. The monoisotopic (exact) mass is 319 g/mol. The summed E-state index contributed by atoms with van der Waals surface area (Å²) in [7, 11) is -4.67. The van der Waals surface area contributed by atoms with Crippen LogP contribution in [0.15, 0.2) is 0 Å². The lowest BCUT2D eigenvalue weighted by Gasteiger charge is -2.31. The van der Waals surface area contributed by atoms with Gasteiger partial charge in [-0.05, 0) is 38.5 Å². The zero-order valence-electron chi connectivity index (χ0n) is 12.2. The van der Waals surface area contributed by atoms with Gasteiger partial charge in [0.15, 0.2) is 5.44 Å². The van der Waals surface area contributed by atoms with E-state index in [9.17, 15) is 17.8 Å². The molecule has 0 N–H and O–H groups in total. The zero-order valence-corrected chi connectivity index (χ0v) is 13.0. The summed E-state index contributed by atoms with van der Waals surface area (Å²) in [5, 5.41) is 0. The van der Waals surface area contributed by atoms with Crippen molar-refractivity contribution in [2.24, 2.45) is 5.92 Å². The molecule has 1 atom stereocenters. The second kappa shape index (κ2) is 7.45. The van der Waals surface area contributed by atoms with Gasteiger partial charge in [-0.1, -0.05) is 25.7 Å². The number of carbonyl (C=O) groups is 1. The van der Waals surface area contributed by atoms with Crippen LogP contribution in [0.25, 0.3) is 0 Å². The third-order valence-corrected chi connectivity index (χ3v) is 5.40. The highest BCUT2D eigenvalue weighted by Gasteiger charge is 2.33. The Balaban J connectivity index is 1.92. The average molecular weight is 319 g/mol. The Morgan fingerprint density at radius 1 is 0.952 bits per heavy atom. The van der Waals surface area contributed by atoms with Crippen LogP contribution in [0.3, 0.4) is 0 Å². The van der Waals surface area contributed by atoms with Crippen molar-refractivity contribution in [3.63, 3.8) is 0 Å². The normalized spacial score (nSPS) is 23.5. The first-order valence-corrected chi connectivity index (χ1v) is 9.26. The van der Waals surface area contributed by atoms with Crippen molar-refractivity contribution in [3.8, 4) is 0 Å². The molecular weight excluding hydrogens is 296 g/mol. The van der Waals surface area contributed by atoms with Crippen LogP contribution >= 0.6 is 0 Å². The van der Waals surface area contributed by atoms with E-state index in [1.807, 2.05) is 0 Å². The van der Waals surface area contributed by atoms with Crippen LogP contribution < -0.4 is 0 Å². The van der Waals surface area contributed by atoms with Gasteiger partial charge in [0.05, 0.1) is 0 Å². The lowest BCUT2D eigenvalue weighted by Crippen LogP contribution is -2.36. The summed E-state index contributed by atoms with van der Waals surface area (Å²) >= 11 is 0. The number of hydrogen-bond acceptors (Lipinski definition) is 6. The Kier molecular flexibility index (Phi) is 5.87. The summed E-state index contributed by atoms with van der Waals surface area (Å²) in [5.74, 6) is -0.403. The molecule has 0 amide bonds. The molecule has 0 bridgehead atoms. The van der Waals surface area contributed by atoms with E-state index in [-0.39, 0.29) is 6.10 Å². The van der Waals surface area contributed by atoms with E-state index < -0.39 is 27.6 Å². The molecule has 7 heteroatoms. The summed E-state index contributed by atoms with van der Waals surface area (Å²) in [5.41, 5.74) is -1.60. The molecule has 0 aromatic heterocycles. The highest BCUT2D eigenvalue weighted by Crippen LogP contribution is 2.31. The van der Waals surface area contributed by atoms with Gasteiger partial charge in [0.2, 0.25) is 0 Å². The van der Waals surface area contributed by atoms with Gasteiger partial charge in [0.1, 0.15) is 16.2 Å². The molecule has 0 saturated heterocycles. The molecule has 2 fully saturated rings. The number of rotatable bonds is 4. The molecule has 2 aliphatic rings. The topological polar surface area (TPSA) is 92.7 Å². The molecular formula is C14H23O6S-. The maximum Gasteiger partial charge on any atom is 0.509 e. The molecule has 6 nitrogen and oxygen atoms in total. The summed E-state index contributed by atoms with van der Waals surface area (Å²) < 4.78 is 44.1. The summed E-state index contributed by atoms with van der Waals surface area (Å²) in [6.07, 6.45) is 7.35. The standard InChI is InChI=1S/C14H24O6S/c15-14(19-12-9-5-2-6-10-12)20-13(21(16,17)18)11-7-3-1-4-8-11/h11-13H,1-10H2,(H,16,17,18)/p-1. The first-order chi connectivity index (χ1) is 9.97. The Morgan fingerprint density at radius 2 is 1.48 bits per heavy atom. The largest absolute Gasteiger partial charge is 0.745 e. The van der Waals surface area contributed by atoms with E-state index in [0.717, 1.165) is 51.4 Å². The van der Waals surface area contributed by atoms with Crippen molar-refractivity contribution in [3.05, 3.63) is 0 Å². The van der Waals surface area contributed by atoms with E-state index >= 15 is 0 Å². The predicted molar refractivity (Wildman–Crippen MR) is 74.5 cm³/mol. The van der Waals surface area contributed by atoms with E-state index in [4.69, 9.17) is 9.47 Å². The van der Waals surface area contributed by atoms with Crippen molar-refractivity contribution < 1.29 is 27.2 Å². The van der Waals surface area contributed by atoms with Crippen LogP contribution in [-0.4, -0.2) is 30.7 Å². The van der Waals surface area contributed by atoms with Crippen molar-refractivity contribution in [2.45, 2.75) is 75.7 Å². The summed E-state index contributed by atoms with van der Waals surface area (Å²) in [6, 6.07) is 0. The van der Waals surface area contributed by atoms with E-state index in [1.54, 1.807) is 0 Å². The van der Waals surface area contributed by atoms with Gasteiger partial charge in [-0.25, -0.2) is 13.2 Å². The third-order valence-electron chi connectivity index (χ3n) is 4.35. The predicted octanol–water partition coefficient (Wildman–Crippen LogP) is 2.92. The van der Waals surface area contributed by atoms with Crippen molar-refractivity contribution in [2.75, 3.05) is 0 Å². The van der Waals surface area contributed by atoms with Gasteiger partial charge in [-0.15, -0.1) is 0 Å². The van der Waals surface area contributed by atoms with Crippen LogP contribution in [0.1, 0.15) is 64.2 Å². The number of ether oxygens (including phenoxy) is 2. The lowest BCUT2D eigenvalue weighted by molar-refractivity contribution is -0.0108. The van der Waals surface area contributed by atoms with Gasteiger partial charge in [-0.3, -0.25) is 0 Å². The summed E-state index contributed by atoms with van der Waals surface area (Å²) in [4.78, 5) is 11.8. The zero-order chi connectivity index (χ0) is 15.3. The fourth-order valence-electron chi connectivity index (χ4n) is 3.24. The molecule has 0 aromatic carbocycles. The third kappa shape index (κ3) is 5.14. The Hall–Kier alpha value is -0.820. The quantitative estimate of drug-likeness (QED) is 0.584. The van der Waals surface area contributed by atoms with Crippen molar-refractivity contribution in [1.29, 1.82) is 0 Å². The molecule has 2 saturated carbocycles. The molecule has 0 aromatic rings. The van der Waals surface area contributed by atoms with Gasteiger partial charge < -0.3 is 14.0 Å². The van der Waals surface area contributed by atoms with Gasteiger partial charge >= 0.3 is 6.16 Å². The highest BCUT2D eigenvalue weighted by atomic mass is 32.2. The van der Waals surface area contributed by atoms with Crippen LogP contribution in [0.5, 0.6) is 0 Å². The highest BCUT2D eigenvalue weighted by molar-refractivity contribution is 7.86. The van der Waals surface area contributed by atoms with Crippen LogP contribution in [-0.2, 0) is 19.6 Å². The lowest BCUT2D eigenvalue weighted by atomic mass is 9.90.